The third-order valence-electron chi connectivity index (χ3n) is 8.36. The molecule has 0 aromatic heterocycles. The number of carboxylic acid groups (broad SMARTS) is 1. The number of carboxylic acids is 1. The highest BCUT2D eigenvalue weighted by atomic mass is 31.2. The number of aliphatic hydroxyl groups is 1. The largest absolute Gasteiger partial charge is 0.480 e. The van der Waals surface area contributed by atoms with Crippen molar-refractivity contribution >= 4 is 25.7 Å². The first-order valence-corrected chi connectivity index (χ1v) is 22.8. The number of phosphoric acid groups is 1. The van der Waals surface area contributed by atoms with Crippen LogP contribution in [0.2, 0.25) is 0 Å². The van der Waals surface area contributed by atoms with Crippen molar-refractivity contribution in [2.24, 2.45) is 0 Å². The third-order valence-corrected chi connectivity index (χ3v) is 9.31. The number of carbonyl (C=O) groups excluding carboxylic acids is 2. The number of allylic oxidation sites excluding steroid dienone is 16. The maximum atomic E-state index is 12.3. The number of carbonyl (C=O) groups is 3. The van der Waals surface area contributed by atoms with Crippen molar-refractivity contribution in [1.29, 1.82) is 0 Å². The minimum absolute atomic E-state index is 0.0849. The zero-order valence-corrected chi connectivity index (χ0v) is 36.2. The molecule has 0 heterocycles. The van der Waals surface area contributed by atoms with Crippen molar-refractivity contribution in [2.75, 3.05) is 19.8 Å². The number of unbranched alkanes of at least 4 members (excludes halogenated alkanes) is 8. The number of hydrogen-bond acceptors (Lipinski definition) is 8. The van der Waals surface area contributed by atoms with Crippen LogP contribution >= 0.6 is 7.82 Å². The number of amides is 1. The molecule has 0 aliphatic rings. The van der Waals surface area contributed by atoms with Crippen molar-refractivity contribution in [3.63, 3.8) is 0 Å². The minimum atomic E-state index is -4.78. The van der Waals surface area contributed by atoms with Gasteiger partial charge in [0.25, 0.3) is 0 Å². The third kappa shape index (κ3) is 39.2. The van der Waals surface area contributed by atoms with E-state index in [1.165, 1.54) is 25.7 Å². The Morgan fingerprint density at radius 2 is 1.00 bits per heavy atom. The smallest absolute Gasteiger partial charge is 0.472 e. The van der Waals surface area contributed by atoms with Crippen LogP contribution in [0.4, 0.5) is 0 Å². The van der Waals surface area contributed by atoms with E-state index in [0.717, 1.165) is 77.0 Å². The second-order valence-corrected chi connectivity index (χ2v) is 15.2. The lowest BCUT2D eigenvalue weighted by molar-refractivity contribution is -0.147. The Morgan fingerprint density at radius 3 is 1.48 bits per heavy atom. The molecule has 0 rings (SSSR count). The van der Waals surface area contributed by atoms with Gasteiger partial charge in [0.05, 0.1) is 13.2 Å². The first-order chi connectivity index (χ1) is 28.1. The number of rotatable bonds is 38. The summed E-state index contributed by atoms with van der Waals surface area (Å²) in [6.07, 6.45) is 50.1. The zero-order chi connectivity index (χ0) is 42.8. The summed E-state index contributed by atoms with van der Waals surface area (Å²) in [5.41, 5.74) is 0. The second-order valence-electron chi connectivity index (χ2n) is 13.8. The summed E-state index contributed by atoms with van der Waals surface area (Å²) in [5, 5.41) is 21.8. The Bertz CT molecular complexity index is 1350. The predicted molar refractivity (Wildman–Crippen MR) is 235 cm³/mol. The first-order valence-electron chi connectivity index (χ1n) is 21.3. The van der Waals surface area contributed by atoms with Crippen LogP contribution in [0, 0.1) is 0 Å². The van der Waals surface area contributed by atoms with E-state index in [9.17, 15) is 34.1 Å². The Morgan fingerprint density at radius 1 is 0.569 bits per heavy atom. The topological polar surface area (TPSA) is 169 Å². The molecule has 0 spiro atoms. The summed E-state index contributed by atoms with van der Waals surface area (Å²) >= 11 is 0. The minimum Gasteiger partial charge on any atom is -0.480 e. The predicted octanol–water partition coefficient (Wildman–Crippen LogP) is 10.9. The molecule has 1 amide bonds. The standard InChI is InChI=1S/C46H74NO10P/c1-3-5-7-9-11-13-15-17-19-20-21-22-24-26-28-30-32-34-36-38-45(50)55-39-42(48)40-56-58(53,54)57-41-43(46(51)52)47-44(49)37-35-33-31-29-27-25-23-18-16-14-12-10-8-6-4-2/h6,8,11-14,17-19,21-23,26-29,42-43,48H,3-5,7,9-10,15-16,20,24-25,30-41H2,1-2H3,(H,47,49)(H,51,52)(H,53,54)/b8-6-,13-11-,14-12-,19-17-,22-21-,23-18-,28-26-,29-27-. The fraction of sp³-hybridized carbons (Fsp3) is 0.587. The van der Waals surface area contributed by atoms with E-state index in [4.69, 9.17) is 13.8 Å². The molecule has 0 aromatic rings. The van der Waals surface area contributed by atoms with Crippen LogP contribution in [0.5, 0.6) is 0 Å². The van der Waals surface area contributed by atoms with Gasteiger partial charge in [-0.2, -0.15) is 0 Å². The van der Waals surface area contributed by atoms with Crippen LogP contribution in [0.15, 0.2) is 97.2 Å². The van der Waals surface area contributed by atoms with Gasteiger partial charge in [0.15, 0.2) is 6.04 Å². The van der Waals surface area contributed by atoms with Gasteiger partial charge in [-0.15, -0.1) is 0 Å². The average molecular weight is 832 g/mol. The SMILES string of the molecule is CC/C=C\C/C=C\C/C=C\C/C=C\CCCCC(=O)NC(COP(=O)(O)OCC(O)COC(=O)CCCCC/C=C\C/C=C\C/C=C\C/C=C\CCCCC)C(=O)O. The molecule has 0 aliphatic heterocycles. The van der Waals surface area contributed by atoms with Crippen LogP contribution in [-0.4, -0.2) is 64.9 Å². The maximum absolute atomic E-state index is 12.3. The number of nitrogens with one attached hydrogen (secondary N) is 1. The highest BCUT2D eigenvalue weighted by molar-refractivity contribution is 7.47. The van der Waals surface area contributed by atoms with Crippen LogP contribution in [-0.2, 0) is 32.7 Å². The Hall–Kier alpha value is -3.60. The van der Waals surface area contributed by atoms with E-state index in [1.54, 1.807) is 0 Å². The van der Waals surface area contributed by atoms with E-state index >= 15 is 0 Å². The Kier molecular flexibility index (Phi) is 37.7. The average Bonchev–Trinajstić information content (AvgIpc) is 3.20. The number of ether oxygens (including phenoxy) is 1. The molecule has 0 saturated heterocycles. The molecule has 3 atom stereocenters. The van der Waals surface area contributed by atoms with Crippen molar-refractivity contribution in [2.45, 2.75) is 154 Å². The molecule has 0 aliphatic carbocycles. The summed E-state index contributed by atoms with van der Waals surface area (Å²) in [4.78, 5) is 45.8. The van der Waals surface area contributed by atoms with Gasteiger partial charge in [-0.1, -0.05) is 130 Å². The second kappa shape index (κ2) is 40.2. The van der Waals surface area contributed by atoms with E-state index in [2.05, 4.69) is 110 Å². The van der Waals surface area contributed by atoms with Gasteiger partial charge in [-0.3, -0.25) is 18.6 Å². The Labute approximate surface area is 349 Å². The van der Waals surface area contributed by atoms with Crippen molar-refractivity contribution in [1.82, 2.24) is 5.32 Å². The normalized spacial score (nSPS) is 14.7. The molecular formula is C46H74NO10P. The van der Waals surface area contributed by atoms with Crippen molar-refractivity contribution in [3.05, 3.63) is 97.2 Å². The molecule has 0 saturated carbocycles. The number of aliphatic carboxylic acids is 1. The van der Waals surface area contributed by atoms with Gasteiger partial charge < -0.3 is 25.2 Å². The Balaban J connectivity index is 4.04. The summed E-state index contributed by atoms with van der Waals surface area (Å²) in [7, 11) is -4.78. The molecule has 0 fully saturated rings. The molecule has 0 radical (unpaired) electrons. The van der Waals surface area contributed by atoms with Crippen LogP contribution in [0.1, 0.15) is 142 Å². The van der Waals surface area contributed by atoms with E-state index < -0.39 is 57.6 Å². The highest BCUT2D eigenvalue weighted by Gasteiger charge is 2.28. The van der Waals surface area contributed by atoms with Gasteiger partial charge >= 0.3 is 19.8 Å². The number of phosphoric ester groups is 1. The highest BCUT2D eigenvalue weighted by Crippen LogP contribution is 2.43. The van der Waals surface area contributed by atoms with Gasteiger partial charge in [0.1, 0.15) is 12.7 Å². The molecule has 58 heavy (non-hydrogen) atoms. The van der Waals surface area contributed by atoms with Gasteiger partial charge in [-0.25, -0.2) is 9.36 Å². The number of aliphatic hydroxyl groups excluding tert-OH is 1. The number of esters is 1. The zero-order valence-electron chi connectivity index (χ0n) is 35.3. The molecule has 0 bridgehead atoms. The van der Waals surface area contributed by atoms with E-state index in [-0.39, 0.29) is 12.8 Å². The van der Waals surface area contributed by atoms with E-state index in [0.29, 0.717) is 12.8 Å². The summed E-state index contributed by atoms with van der Waals surface area (Å²) in [6, 6.07) is -1.58. The summed E-state index contributed by atoms with van der Waals surface area (Å²) in [6.45, 7) is 2.36. The first kappa shape index (κ1) is 54.4. The van der Waals surface area contributed by atoms with Gasteiger partial charge in [0.2, 0.25) is 5.91 Å². The lowest BCUT2D eigenvalue weighted by Gasteiger charge is -2.18. The monoisotopic (exact) mass is 832 g/mol. The summed E-state index contributed by atoms with van der Waals surface area (Å²) in [5.74, 6) is -2.48. The fourth-order valence-corrected chi connectivity index (χ4v) is 5.82. The molecule has 4 N–H and O–H groups in total. The number of hydrogen-bond donors (Lipinski definition) is 4. The van der Waals surface area contributed by atoms with Gasteiger partial charge in [-0.05, 0) is 96.3 Å². The quantitative estimate of drug-likeness (QED) is 0.0203. The van der Waals surface area contributed by atoms with Crippen molar-refractivity contribution in [3.8, 4) is 0 Å². The van der Waals surface area contributed by atoms with Gasteiger partial charge in [0, 0.05) is 12.8 Å². The molecule has 0 aromatic carbocycles. The summed E-state index contributed by atoms with van der Waals surface area (Å²) < 4.78 is 26.8. The molecule has 328 valence electrons. The van der Waals surface area contributed by atoms with Crippen molar-refractivity contribution < 1.29 is 47.8 Å². The van der Waals surface area contributed by atoms with Crippen LogP contribution in [0.25, 0.3) is 0 Å². The molecule has 12 heteroatoms. The lowest BCUT2D eigenvalue weighted by Crippen LogP contribution is -2.43. The van der Waals surface area contributed by atoms with Crippen LogP contribution < -0.4 is 5.32 Å². The molecule has 3 unspecified atom stereocenters. The maximum Gasteiger partial charge on any atom is 0.472 e. The molecule has 11 nitrogen and oxygen atoms in total. The lowest BCUT2D eigenvalue weighted by atomic mass is 10.1. The molecular weight excluding hydrogens is 757 g/mol. The fourth-order valence-electron chi connectivity index (χ4n) is 5.05. The van der Waals surface area contributed by atoms with Crippen LogP contribution in [0.3, 0.4) is 0 Å². The van der Waals surface area contributed by atoms with E-state index in [1.807, 2.05) is 6.08 Å².